The zero-order valence-electron chi connectivity index (χ0n) is 13.4. The summed E-state index contributed by atoms with van der Waals surface area (Å²) in [6.07, 6.45) is 5.16. The summed E-state index contributed by atoms with van der Waals surface area (Å²) < 4.78 is 0. The Morgan fingerprint density at radius 3 is 2.12 bits per heavy atom. The van der Waals surface area contributed by atoms with Crippen LogP contribution in [0.3, 0.4) is 0 Å². The number of rotatable bonds is 6. The molecule has 0 aliphatic carbocycles. The highest BCUT2D eigenvalue weighted by Gasteiger charge is 2.34. The fourth-order valence-corrected chi connectivity index (χ4v) is 2.74. The molecule has 1 aliphatic heterocycles. The maximum atomic E-state index is 12.2. The van der Waals surface area contributed by atoms with Crippen LogP contribution >= 0.6 is 0 Å². The summed E-state index contributed by atoms with van der Waals surface area (Å²) in [4.78, 5) is 35.9. The maximum Gasteiger partial charge on any atom is 0.269 e. The first-order valence-electron chi connectivity index (χ1n) is 7.94. The van der Waals surface area contributed by atoms with Crippen molar-refractivity contribution in [3.05, 3.63) is 81.4 Å². The van der Waals surface area contributed by atoms with Gasteiger partial charge >= 0.3 is 0 Å². The fraction of sp³-hybridized carbons (Fsp3) is 0.158. The molecule has 0 saturated carbocycles. The van der Waals surface area contributed by atoms with Gasteiger partial charge in [0.1, 0.15) is 0 Å². The summed E-state index contributed by atoms with van der Waals surface area (Å²) in [5.74, 6) is -0.472. The van der Waals surface area contributed by atoms with Gasteiger partial charge in [-0.05, 0) is 42.7 Å². The molecule has 6 heteroatoms. The van der Waals surface area contributed by atoms with Crippen molar-refractivity contribution in [1.82, 2.24) is 4.90 Å². The molecule has 2 aromatic carbocycles. The van der Waals surface area contributed by atoms with Crippen LogP contribution in [0.1, 0.15) is 39.1 Å². The maximum absolute atomic E-state index is 12.2. The largest absolute Gasteiger partial charge is 0.274 e. The van der Waals surface area contributed by atoms with Gasteiger partial charge in [0, 0.05) is 18.7 Å². The minimum absolute atomic E-state index is 0.0581. The number of allylic oxidation sites excluding steroid dienone is 1. The molecule has 0 bridgehead atoms. The van der Waals surface area contributed by atoms with Crippen molar-refractivity contribution in [2.45, 2.75) is 12.8 Å². The van der Waals surface area contributed by atoms with Crippen LogP contribution in [0.2, 0.25) is 0 Å². The van der Waals surface area contributed by atoms with Gasteiger partial charge < -0.3 is 0 Å². The average molecular weight is 336 g/mol. The van der Waals surface area contributed by atoms with Gasteiger partial charge in [-0.1, -0.05) is 24.3 Å². The first-order valence-corrected chi connectivity index (χ1v) is 7.94. The van der Waals surface area contributed by atoms with Crippen molar-refractivity contribution >= 4 is 23.6 Å². The Morgan fingerprint density at radius 1 is 0.960 bits per heavy atom. The number of nitro groups is 1. The van der Waals surface area contributed by atoms with E-state index in [1.807, 2.05) is 12.2 Å². The van der Waals surface area contributed by atoms with E-state index >= 15 is 0 Å². The van der Waals surface area contributed by atoms with E-state index in [1.54, 1.807) is 36.4 Å². The number of fused-ring (bicyclic) bond motifs is 1. The highest BCUT2D eigenvalue weighted by molar-refractivity contribution is 6.21. The second-order valence-electron chi connectivity index (χ2n) is 5.70. The smallest absolute Gasteiger partial charge is 0.269 e. The zero-order chi connectivity index (χ0) is 17.8. The molecular formula is C19H16N2O4. The zero-order valence-corrected chi connectivity index (χ0v) is 13.4. The molecule has 0 saturated heterocycles. The molecule has 0 unspecified atom stereocenters. The Labute approximate surface area is 144 Å². The van der Waals surface area contributed by atoms with E-state index < -0.39 is 4.92 Å². The number of nitro benzene ring substituents is 1. The summed E-state index contributed by atoms with van der Waals surface area (Å²) in [7, 11) is 0. The van der Waals surface area contributed by atoms with Gasteiger partial charge in [0.2, 0.25) is 0 Å². The Bertz CT molecular complexity index is 821. The van der Waals surface area contributed by atoms with Crippen molar-refractivity contribution in [2.24, 2.45) is 0 Å². The predicted octanol–water partition coefficient (Wildman–Crippen LogP) is 3.68. The lowest BCUT2D eigenvalue weighted by atomic mass is 10.1. The van der Waals surface area contributed by atoms with Gasteiger partial charge in [-0.15, -0.1) is 0 Å². The van der Waals surface area contributed by atoms with Crippen LogP contribution < -0.4 is 0 Å². The molecule has 0 spiro atoms. The van der Waals surface area contributed by atoms with Crippen LogP contribution in [0.5, 0.6) is 0 Å². The molecule has 3 rings (SSSR count). The van der Waals surface area contributed by atoms with Crippen molar-refractivity contribution in [3.63, 3.8) is 0 Å². The molecule has 1 aliphatic rings. The van der Waals surface area contributed by atoms with E-state index in [9.17, 15) is 19.7 Å². The van der Waals surface area contributed by atoms with Crippen LogP contribution in [-0.4, -0.2) is 28.2 Å². The number of amides is 2. The first-order chi connectivity index (χ1) is 12.1. The summed E-state index contributed by atoms with van der Waals surface area (Å²) >= 11 is 0. The summed E-state index contributed by atoms with van der Waals surface area (Å²) in [5, 5.41) is 10.6. The molecule has 0 radical (unpaired) electrons. The Hall–Kier alpha value is -3.28. The first kappa shape index (κ1) is 16.6. The second-order valence-corrected chi connectivity index (χ2v) is 5.70. The number of non-ortho nitro benzene ring substituents is 1. The lowest BCUT2D eigenvalue weighted by Gasteiger charge is -2.12. The van der Waals surface area contributed by atoms with E-state index in [2.05, 4.69) is 0 Å². The molecule has 25 heavy (non-hydrogen) atoms. The summed E-state index contributed by atoms with van der Waals surface area (Å²) in [6, 6.07) is 13.1. The topological polar surface area (TPSA) is 80.5 Å². The lowest BCUT2D eigenvalue weighted by molar-refractivity contribution is -0.384. The number of benzene rings is 2. The van der Waals surface area contributed by atoms with Crippen molar-refractivity contribution < 1.29 is 14.5 Å². The van der Waals surface area contributed by atoms with Crippen LogP contribution in [0, 0.1) is 10.1 Å². The predicted molar refractivity (Wildman–Crippen MR) is 93.2 cm³/mol. The van der Waals surface area contributed by atoms with Gasteiger partial charge in [-0.2, -0.15) is 0 Å². The minimum atomic E-state index is -0.435. The number of hydrogen-bond donors (Lipinski definition) is 0. The molecule has 126 valence electrons. The molecule has 0 atom stereocenters. The van der Waals surface area contributed by atoms with Gasteiger partial charge in [-0.25, -0.2) is 0 Å². The molecule has 6 nitrogen and oxygen atoms in total. The van der Waals surface area contributed by atoms with E-state index in [4.69, 9.17) is 0 Å². The SMILES string of the molecule is O=C1c2ccccc2C(=O)N1CCC/C=C\c1ccc([N+](=O)[O-])cc1. The molecule has 2 amide bonds. The second kappa shape index (κ2) is 7.09. The van der Waals surface area contributed by atoms with Gasteiger partial charge in [0.05, 0.1) is 16.1 Å². The Kier molecular flexibility index (Phi) is 4.70. The standard InChI is InChI=1S/C19H16N2O4/c22-18-16-7-3-4-8-17(16)19(23)20(18)13-5-1-2-6-14-9-11-15(12-10-14)21(24)25/h2-4,6-12H,1,5,13H2/b6-2-. The molecule has 1 heterocycles. The quantitative estimate of drug-likeness (QED) is 0.349. The monoisotopic (exact) mass is 336 g/mol. The minimum Gasteiger partial charge on any atom is -0.274 e. The van der Waals surface area contributed by atoms with Crippen LogP contribution in [0.25, 0.3) is 6.08 Å². The van der Waals surface area contributed by atoms with E-state index in [1.165, 1.54) is 17.0 Å². The summed E-state index contributed by atoms with van der Waals surface area (Å²) in [6.45, 7) is 0.372. The third-order valence-corrected chi connectivity index (χ3v) is 4.04. The molecule has 0 aromatic heterocycles. The molecule has 0 N–H and O–H groups in total. The number of hydrogen-bond acceptors (Lipinski definition) is 4. The third-order valence-electron chi connectivity index (χ3n) is 4.04. The third kappa shape index (κ3) is 3.47. The van der Waals surface area contributed by atoms with E-state index in [0.29, 0.717) is 30.5 Å². The van der Waals surface area contributed by atoms with Crippen molar-refractivity contribution in [3.8, 4) is 0 Å². The highest BCUT2D eigenvalue weighted by Crippen LogP contribution is 2.22. The van der Waals surface area contributed by atoms with Crippen LogP contribution in [-0.2, 0) is 0 Å². The van der Waals surface area contributed by atoms with Gasteiger partial charge in [-0.3, -0.25) is 24.6 Å². The lowest BCUT2D eigenvalue weighted by Crippen LogP contribution is -2.30. The molecular weight excluding hydrogens is 320 g/mol. The summed E-state index contributed by atoms with van der Waals surface area (Å²) in [5.41, 5.74) is 1.86. The van der Waals surface area contributed by atoms with E-state index in [-0.39, 0.29) is 17.5 Å². The normalized spacial score (nSPS) is 13.5. The van der Waals surface area contributed by atoms with Crippen LogP contribution in [0.4, 0.5) is 5.69 Å². The number of imide groups is 1. The average Bonchev–Trinajstić information content (AvgIpc) is 2.87. The Balaban J connectivity index is 1.51. The number of unbranched alkanes of at least 4 members (excludes halogenated alkanes) is 1. The van der Waals surface area contributed by atoms with E-state index in [0.717, 1.165) is 5.56 Å². The van der Waals surface area contributed by atoms with Gasteiger partial charge in [0.25, 0.3) is 17.5 Å². The molecule has 0 fully saturated rings. The molecule has 2 aromatic rings. The fourth-order valence-electron chi connectivity index (χ4n) is 2.74. The number of carbonyl (C=O) groups excluding carboxylic acids is 2. The highest BCUT2D eigenvalue weighted by atomic mass is 16.6. The number of nitrogens with zero attached hydrogens (tertiary/aromatic N) is 2. The number of carbonyl (C=O) groups is 2. The Morgan fingerprint density at radius 2 is 1.56 bits per heavy atom. The van der Waals surface area contributed by atoms with Gasteiger partial charge in [0.15, 0.2) is 0 Å². The van der Waals surface area contributed by atoms with Crippen LogP contribution in [0.15, 0.2) is 54.6 Å². The van der Waals surface area contributed by atoms with Crippen molar-refractivity contribution in [2.75, 3.05) is 6.54 Å². The van der Waals surface area contributed by atoms with Crippen molar-refractivity contribution in [1.29, 1.82) is 0 Å².